The fraction of sp³-hybridized carbons (Fsp3) is 0.444. The van der Waals surface area contributed by atoms with Crippen molar-refractivity contribution >= 4 is 17.5 Å². The summed E-state index contributed by atoms with van der Waals surface area (Å²) in [6.45, 7) is 11.4. The minimum Gasteiger partial charge on any atom is -0.351 e. The zero-order chi connectivity index (χ0) is 17.2. The molecule has 5 heteroatoms. The molecule has 0 radical (unpaired) electrons. The number of nitrogens with one attached hydrogen (secondary N) is 2. The Morgan fingerprint density at radius 1 is 1.09 bits per heavy atom. The molecule has 0 atom stereocenters. The SMILES string of the molecule is CCN(CC)CCNC(=O)c1ccc(NC(=O)C=C(C)C)cc1. The number of rotatable bonds is 8. The van der Waals surface area contributed by atoms with Gasteiger partial charge in [0.15, 0.2) is 0 Å². The van der Waals surface area contributed by atoms with Gasteiger partial charge in [-0.15, -0.1) is 0 Å². The van der Waals surface area contributed by atoms with E-state index in [1.165, 1.54) is 6.08 Å². The summed E-state index contributed by atoms with van der Waals surface area (Å²) in [5, 5.41) is 5.67. The third-order valence-electron chi connectivity index (χ3n) is 3.44. The molecule has 0 fully saturated rings. The average molecular weight is 317 g/mol. The van der Waals surface area contributed by atoms with E-state index in [9.17, 15) is 9.59 Å². The van der Waals surface area contributed by atoms with Crippen LogP contribution in [-0.2, 0) is 4.79 Å². The summed E-state index contributed by atoms with van der Waals surface area (Å²) in [6.07, 6.45) is 1.54. The number of nitrogens with zero attached hydrogens (tertiary/aromatic N) is 1. The molecule has 1 rings (SSSR count). The summed E-state index contributed by atoms with van der Waals surface area (Å²) in [5.74, 6) is -0.263. The van der Waals surface area contributed by atoms with Crippen molar-refractivity contribution in [3.8, 4) is 0 Å². The number of likely N-dealkylation sites (N-methyl/N-ethyl adjacent to an activating group) is 1. The van der Waals surface area contributed by atoms with E-state index in [1.807, 2.05) is 13.8 Å². The Labute approximate surface area is 138 Å². The number of benzene rings is 1. The predicted octanol–water partition coefficient (Wildman–Crippen LogP) is 2.66. The van der Waals surface area contributed by atoms with E-state index in [-0.39, 0.29) is 11.8 Å². The number of hydrogen-bond acceptors (Lipinski definition) is 3. The highest BCUT2D eigenvalue weighted by atomic mass is 16.2. The van der Waals surface area contributed by atoms with Gasteiger partial charge in [0, 0.05) is 30.4 Å². The number of carbonyl (C=O) groups excluding carboxylic acids is 2. The lowest BCUT2D eigenvalue weighted by Gasteiger charge is -2.17. The van der Waals surface area contributed by atoms with E-state index in [2.05, 4.69) is 29.4 Å². The van der Waals surface area contributed by atoms with Crippen molar-refractivity contribution in [3.63, 3.8) is 0 Å². The first-order valence-electron chi connectivity index (χ1n) is 8.02. The summed E-state index contributed by atoms with van der Waals surface area (Å²) in [4.78, 5) is 25.9. The van der Waals surface area contributed by atoms with Gasteiger partial charge in [0.2, 0.25) is 5.91 Å². The van der Waals surface area contributed by atoms with Crippen LogP contribution in [0.4, 0.5) is 5.69 Å². The van der Waals surface area contributed by atoms with E-state index < -0.39 is 0 Å². The third-order valence-corrected chi connectivity index (χ3v) is 3.44. The number of carbonyl (C=O) groups is 2. The molecule has 0 aliphatic carbocycles. The Balaban J connectivity index is 2.51. The van der Waals surface area contributed by atoms with Gasteiger partial charge < -0.3 is 15.5 Å². The molecule has 0 heterocycles. The first-order chi connectivity index (χ1) is 11.0. The Kier molecular flexibility index (Phi) is 8.05. The van der Waals surface area contributed by atoms with Gasteiger partial charge in [0.25, 0.3) is 5.91 Å². The van der Waals surface area contributed by atoms with Crippen LogP contribution < -0.4 is 10.6 Å². The zero-order valence-electron chi connectivity index (χ0n) is 14.5. The van der Waals surface area contributed by atoms with Crippen molar-refractivity contribution in [1.29, 1.82) is 0 Å². The van der Waals surface area contributed by atoms with Gasteiger partial charge in [-0.3, -0.25) is 9.59 Å². The highest BCUT2D eigenvalue weighted by Crippen LogP contribution is 2.10. The van der Waals surface area contributed by atoms with Gasteiger partial charge in [-0.2, -0.15) is 0 Å². The highest BCUT2D eigenvalue weighted by Gasteiger charge is 2.06. The van der Waals surface area contributed by atoms with Crippen molar-refractivity contribution in [3.05, 3.63) is 41.5 Å². The molecule has 0 aliphatic heterocycles. The topological polar surface area (TPSA) is 61.4 Å². The number of hydrogen-bond donors (Lipinski definition) is 2. The van der Waals surface area contributed by atoms with Crippen molar-refractivity contribution < 1.29 is 9.59 Å². The number of amides is 2. The van der Waals surface area contributed by atoms with Crippen LogP contribution in [0, 0.1) is 0 Å². The average Bonchev–Trinajstić information content (AvgIpc) is 2.51. The molecule has 1 aromatic rings. The Hall–Kier alpha value is -2.14. The zero-order valence-corrected chi connectivity index (χ0v) is 14.5. The molecule has 5 nitrogen and oxygen atoms in total. The maximum Gasteiger partial charge on any atom is 0.251 e. The maximum absolute atomic E-state index is 12.1. The van der Waals surface area contributed by atoms with Crippen molar-refractivity contribution in [2.45, 2.75) is 27.7 Å². The summed E-state index contributed by atoms with van der Waals surface area (Å²) < 4.78 is 0. The molecule has 1 aromatic carbocycles. The van der Waals surface area contributed by atoms with Crippen LogP contribution in [-0.4, -0.2) is 42.9 Å². The quantitative estimate of drug-likeness (QED) is 0.725. The normalized spacial score (nSPS) is 10.3. The van der Waals surface area contributed by atoms with E-state index in [4.69, 9.17) is 0 Å². The molecule has 126 valence electrons. The summed E-state index contributed by atoms with van der Waals surface area (Å²) >= 11 is 0. The van der Waals surface area contributed by atoms with Crippen molar-refractivity contribution in [1.82, 2.24) is 10.2 Å². The van der Waals surface area contributed by atoms with Crippen LogP contribution in [0.15, 0.2) is 35.9 Å². The minimum absolute atomic E-state index is 0.0978. The Morgan fingerprint density at radius 2 is 1.70 bits per heavy atom. The van der Waals surface area contributed by atoms with Gasteiger partial charge in [-0.25, -0.2) is 0 Å². The standard InChI is InChI=1S/C18H27N3O2/c1-5-21(6-2)12-11-19-18(23)15-7-9-16(10-8-15)20-17(22)13-14(3)4/h7-10,13H,5-6,11-12H2,1-4H3,(H,19,23)(H,20,22). The second-order valence-electron chi connectivity index (χ2n) is 5.57. The first kappa shape index (κ1) is 18.9. The van der Waals surface area contributed by atoms with Crippen molar-refractivity contribution in [2.24, 2.45) is 0 Å². The molecular weight excluding hydrogens is 290 g/mol. The lowest BCUT2D eigenvalue weighted by Crippen LogP contribution is -2.34. The van der Waals surface area contributed by atoms with Crippen LogP contribution in [0.1, 0.15) is 38.1 Å². The van der Waals surface area contributed by atoms with Gasteiger partial charge in [-0.1, -0.05) is 19.4 Å². The summed E-state index contributed by atoms with van der Waals surface area (Å²) in [5.41, 5.74) is 2.20. The molecule has 2 N–H and O–H groups in total. The molecule has 0 saturated carbocycles. The second kappa shape index (κ2) is 9.79. The molecule has 0 saturated heterocycles. The maximum atomic E-state index is 12.1. The first-order valence-corrected chi connectivity index (χ1v) is 8.02. The Bertz CT molecular complexity index is 542. The third kappa shape index (κ3) is 7.10. The van der Waals surface area contributed by atoms with Crippen LogP contribution >= 0.6 is 0 Å². The summed E-state index contributed by atoms with van der Waals surface area (Å²) in [7, 11) is 0. The second-order valence-corrected chi connectivity index (χ2v) is 5.57. The molecule has 0 aliphatic rings. The van der Waals surface area contributed by atoms with E-state index in [1.54, 1.807) is 24.3 Å². The van der Waals surface area contributed by atoms with E-state index >= 15 is 0 Å². The molecule has 2 amide bonds. The van der Waals surface area contributed by atoms with Gasteiger partial charge in [-0.05, 0) is 51.2 Å². The fourth-order valence-electron chi connectivity index (χ4n) is 2.11. The number of anilines is 1. The predicted molar refractivity (Wildman–Crippen MR) is 94.6 cm³/mol. The highest BCUT2D eigenvalue weighted by molar-refractivity contribution is 6.00. The molecule has 0 bridgehead atoms. The van der Waals surface area contributed by atoms with E-state index in [0.29, 0.717) is 17.8 Å². The Morgan fingerprint density at radius 3 is 2.22 bits per heavy atom. The van der Waals surface area contributed by atoms with Gasteiger partial charge in [0.05, 0.1) is 0 Å². The van der Waals surface area contributed by atoms with Crippen LogP contribution in [0.25, 0.3) is 0 Å². The lowest BCUT2D eigenvalue weighted by atomic mass is 10.2. The molecule has 23 heavy (non-hydrogen) atoms. The lowest BCUT2D eigenvalue weighted by molar-refractivity contribution is -0.111. The van der Waals surface area contributed by atoms with E-state index in [0.717, 1.165) is 25.2 Å². The molecular formula is C18H27N3O2. The van der Waals surface area contributed by atoms with Gasteiger partial charge >= 0.3 is 0 Å². The van der Waals surface area contributed by atoms with Crippen molar-refractivity contribution in [2.75, 3.05) is 31.5 Å². The van der Waals surface area contributed by atoms with Crippen LogP contribution in [0.2, 0.25) is 0 Å². The van der Waals surface area contributed by atoms with Crippen LogP contribution in [0.3, 0.4) is 0 Å². The van der Waals surface area contributed by atoms with Crippen LogP contribution in [0.5, 0.6) is 0 Å². The minimum atomic E-state index is -0.165. The smallest absolute Gasteiger partial charge is 0.251 e. The molecule has 0 aromatic heterocycles. The van der Waals surface area contributed by atoms with Gasteiger partial charge in [0.1, 0.15) is 0 Å². The number of allylic oxidation sites excluding steroid dienone is 1. The molecule has 0 spiro atoms. The monoisotopic (exact) mass is 317 g/mol. The molecule has 0 unspecified atom stereocenters. The fourth-order valence-corrected chi connectivity index (χ4v) is 2.11. The summed E-state index contributed by atoms with van der Waals surface area (Å²) in [6, 6.07) is 6.89. The largest absolute Gasteiger partial charge is 0.351 e.